The third kappa shape index (κ3) is 1.99. The van der Waals surface area contributed by atoms with Crippen molar-refractivity contribution < 1.29 is 9.53 Å². The Hall–Kier alpha value is -1.73. The molecule has 0 aromatic heterocycles. The van der Waals surface area contributed by atoms with Crippen molar-refractivity contribution in [2.75, 3.05) is 33.2 Å². The van der Waals surface area contributed by atoms with E-state index in [0.717, 1.165) is 21.4 Å². The number of ether oxygens (including phenoxy) is 1. The number of benzene rings is 1. The van der Waals surface area contributed by atoms with Crippen molar-refractivity contribution in [2.45, 2.75) is 4.90 Å². The number of amides is 1. The average Bonchev–Trinajstić information content (AvgIpc) is 2.90. The number of thiocarbonyl (C=S) groups is 1. The third-order valence-corrected chi connectivity index (χ3v) is 5.43. The molecule has 0 saturated carbocycles. The van der Waals surface area contributed by atoms with E-state index in [1.807, 2.05) is 37.2 Å². The van der Waals surface area contributed by atoms with Gasteiger partial charge in [0.1, 0.15) is 16.5 Å². The Balaban J connectivity index is 2.09. The Morgan fingerprint density at radius 3 is 2.43 bits per heavy atom. The second-order valence-corrected chi connectivity index (χ2v) is 6.25. The Bertz CT molecular complexity index is 687. The maximum absolute atomic E-state index is 12.4. The maximum atomic E-state index is 12.4. The standard InChI is InChI=1S/C14H15N3O2S2/c1-15-9-7-8(19-4)5-6-10(9)21-13(15)11-12(18)17(3)14(20)16(11)2/h5-7H,1-4H3. The van der Waals surface area contributed by atoms with Crippen molar-refractivity contribution in [3.8, 4) is 5.75 Å². The van der Waals surface area contributed by atoms with Crippen LogP contribution in [0.15, 0.2) is 33.8 Å². The number of likely N-dealkylation sites (N-methyl/N-ethyl adjacent to an activating group) is 2. The number of fused-ring (bicyclic) bond motifs is 1. The number of hydrogen-bond donors (Lipinski definition) is 0. The van der Waals surface area contributed by atoms with Gasteiger partial charge in [-0.1, -0.05) is 11.8 Å². The highest BCUT2D eigenvalue weighted by molar-refractivity contribution is 8.03. The van der Waals surface area contributed by atoms with E-state index in [1.54, 1.807) is 30.8 Å². The van der Waals surface area contributed by atoms with Crippen molar-refractivity contribution in [3.63, 3.8) is 0 Å². The van der Waals surface area contributed by atoms with E-state index >= 15 is 0 Å². The van der Waals surface area contributed by atoms with Gasteiger partial charge in [0.05, 0.1) is 12.8 Å². The molecular weight excluding hydrogens is 306 g/mol. The molecular formula is C14H15N3O2S2. The van der Waals surface area contributed by atoms with Gasteiger partial charge < -0.3 is 14.5 Å². The summed E-state index contributed by atoms with van der Waals surface area (Å²) in [5.41, 5.74) is 1.65. The number of anilines is 1. The lowest BCUT2D eigenvalue weighted by molar-refractivity contribution is -0.121. The van der Waals surface area contributed by atoms with Gasteiger partial charge in [0.2, 0.25) is 0 Å². The van der Waals surface area contributed by atoms with E-state index in [-0.39, 0.29) is 5.91 Å². The Morgan fingerprint density at radius 1 is 1.14 bits per heavy atom. The third-order valence-electron chi connectivity index (χ3n) is 3.66. The number of rotatable bonds is 1. The summed E-state index contributed by atoms with van der Waals surface area (Å²) in [5.74, 6) is 0.725. The van der Waals surface area contributed by atoms with Gasteiger partial charge in [0, 0.05) is 32.1 Å². The van der Waals surface area contributed by atoms with E-state index in [4.69, 9.17) is 17.0 Å². The molecule has 1 aromatic carbocycles. The largest absolute Gasteiger partial charge is 0.497 e. The number of carbonyl (C=O) groups excluding carboxylic acids is 1. The highest BCUT2D eigenvalue weighted by Crippen LogP contribution is 2.48. The number of methoxy groups -OCH3 is 1. The molecule has 1 amide bonds. The summed E-state index contributed by atoms with van der Waals surface area (Å²) in [7, 11) is 7.11. The summed E-state index contributed by atoms with van der Waals surface area (Å²) in [6, 6.07) is 5.89. The molecule has 0 N–H and O–H groups in total. The van der Waals surface area contributed by atoms with Crippen LogP contribution in [-0.4, -0.2) is 49.1 Å². The minimum Gasteiger partial charge on any atom is -0.497 e. The van der Waals surface area contributed by atoms with Crippen LogP contribution in [0.1, 0.15) is 0 Å². The fourth-order valence-corrected chi connectivity index (χ4v) is 3.78. The molecule has 2 aliphatic rings. The summed E-state index contributed by atoms with van der Waals surface area (Å²) in [6.45, 7) is 0. The van der Waals surface area contributed by atoms with Gasteiger partial charge in [-0.2, -0.15) is 0 Å². The monoisotopic (exact) mass is 321 g/mol. The predicted octanol–water partition coefficient (Wildman–Crippen LogP) is 2.09. The molecule has 0 radical (unpaired) electrons. The first-order chi connectivity index (χ1) is 9.95. The fraction of sp³-hybridized carbons (Fsp3) is 0.286. The van der Waals surface area contributed by atoms with Gasteiger partial charge >= 0.3 is 0 Å². The van der Waals surface area contributed by atoms with Gasteiger partial charge in [-0.05, 0) is 24.4 Å². The second kappa shape index (κ2) is 4.92. The van der Waals surface area contributed by atoms with Gasteiger partial charge in [-0.3, -0.25) is 9.69 Å². The van der Waals surface area contributed by atoms with E-state index in [9.17, 15) is 4.79 Å². The Kier molecular flexibility index (Phi) is 3.33. The number of carbonyl (C=O) groups is 1. The molecule has 0 spiro atoms. The van der Waals surface area contributed by atoms with Gasteiger partial charge in [-0.15, -0.1) is 0 Å². The van der Waals surface area contributed by atoms with Crippen LogP contribution in [0.5, 0.6) is 5.75 Å². The summed E-state index contributed by atoms with van der Waals surface area (Å²) >= 11 is 6.84. The first kappa shape index (κ1) is 14.2. The molecule has 1 fully saturated rings. The van der Waals surface area contributed by atoms with E-state index < -0.39 is 0 Å². The van der Waals surface area contributed by atoms with Crippen LogP contribution in [0.3, 0.4) is 0 Å². The van der Waals surface area contributed by atoms with Crippen molar-refractivity contribution in [2.24, 2.45) is 0 Å². The smallest absolute Gasteiger partial charge is 0.279 e. The van der Waals surface area contributed by atoms with Gasteiger partial charge in [0.15, 0.2) is 5.11 Å². The van der Waals surface area contributed by atoms with Crippen LogP contribution >= 0.6 is 24.0 Å². The predicted molar refractivity (Wildman–Crippen MR) is 87.4 cm³/mol. The highest BCUT2D eigenvalue weighted by Gasteiger charge is 2.39. The molecule has 110 valence electrons. The molecule has 0 atom stereocenters. The molecule has 7 heteroatoms. The minimum absolute atomic E-state index is 0.0726. The van der Waals surface area contributed by atoms with Gasteiger partial charge in [-0.25, -0.2) is 0 Å². The zero-order valence-corrected chi connectivity index (χ0v) is 13.8. The summed E-state index contributed by atoms with van der Waals surface area (Å²) in [6.07, 6.45) is 0. The lowest BCUT2D eigenvalue weighted by Gasteiger charge is -2.18. The lowest BCUT2D eigenvalue weighted by atomic mass is 10.3. The molecule has 21 heavy (non-hydrogen) atoms. The van der Waals surface area contributed by atoms with Crippen LogP contribution in [0, 0.1) is 0 Å². The van der Waals surface area contributed by atoms with Crippen LogP contribution < -0.4 is 9.64 Å². The minimum atomic E-state index is -0.0726. The van der Waals surface area contributed by atoms with Crippen LogP contribution in [0.2, 0.25) is 0 Å². The first-order valence-corrected chi connectivity index (χ1v) is 7.57. The second-order valence-electron chi connectivity index (χ2n) is 4.85. The quantitative estimate of drug-likeness (QED) is 0.582. The van der Waals surface area contributed by atoms with Crippen molar-refractivity contribution in [1.82, 2.24) is 9.80 Å². The van der Waals surface area contributed by atoms with E-state index in [2.05, 4.69) is 0 Å². The van der Waals surface area contributed by atoms with Crippen molar-refractivity contribution in [1.29, 1.82) is 0 Å². The van der Waals surface area contributed by atoms with E-state index in [1.165, 1.54) is 4.90 Å². The van der Waals surface area contributed by atoms with Crippen LogP contribution in [-0.2, 0) is 4.79 Å². The summed E-state index contributed by atoms with van der Waals surface area (Å²) in [5, 5.41) is 1.41. The zero-order valence-electron chi connectivity index (χ0n) is 12.2. The normalized spacial score (nSPS) is 21.4. The zero-order chi connectivity index (χ0) is 15.3. The number of thioether (sulfide) groups is 1. The molecule has 3 rings (SSSR count). The number of nitrogens with zero attached hydrogens (tertiary/aromatic N) is 3. The molecule has 0 unspecified atom stereocenters. The SMILES string of the molecule is COc1ccc2c(c1)N(C)C(=C1C(=O)N(C)C(=S)N1C)S2. The molecule has 1 aromatic rings. The average molecular weight is 321 g/mol. The van der Waals surface area contributed by atoms with Crippen molar-refractivity contribution in [3.05, 3.63) is 28.9 Å². The lowest BCUT2D eigenvalue weighted by Crippen LogP contribution is -2.26. The molecule has 0 aliphatic carbocycles. The molecule has 1 saturated heterocycles. The maximum Gasteiger partial charge on any atom is 0.279 e. The molecule has 2 aliphatic heterocycles. The molecule has 2 heterocycles. The molecule has 5 nitrogen and oxygen atoms in total. The first-order valence-electron chi connectivity index (χ1n) is 6.35. The number of hydrogen-bond acceptors (Lipinski definition) is 5. The Morgan fingerprint density at radius 2 is 1.86 bits per heavy atom. The molecule has 0 bridgehead atoms. The van der Waals surface area contributed by atoms with Crippen molar-refractivity contribution >= 4 is 40.7 Å². The van der Waals surface area contributed by atoms with Gasteiger partial charge in [0.25, 0.3) is 5.91 Å². The van der Waals surface area contributed by atoms with Crippen LogP contribution in [0.4, 0.5) is 5.69 Å². The van der Waals surface area contributed by atoms with E-state index in [0.29, 0.717) is 10.8 Å². The highest BCUT2D eigenvalue weighted by atomic mass is 32.2. The fourth-order valence-electron chi connectivity index (χ4n) is 2.41. The van der Waals surface area contributed by atoms with Crippen LogP contribution in [0.25, 0.3) is 0 Å². The summed E-state index contributed by atoms with van der Waals surface area (Å²) < 4.78 is 5.27. The summed E-state index contributed by atoms with van der Waals surface area (Å²) in [4.78, 5) is 18.8. The topological polar surface area (TPSA) is 36.0 Å². The Labute approximate surface area is 133 Å².